The Balaban J connectivity index is 2.44. The van der Waals surface area contributed by atoms with Crippen LogP contribution in [0.4, 0.5) is 0 Å². The predicted molar refractivity (Wildman–Crippen MR) is 79.8 cm³/mol. The topological polar surface area (TPSA) is 72.0 Å². The largest absolute Gasteiger partial charge is 0.460 e. The van der Waals surface area contributed by atoms with Crippen LogP contribution in [0.25, 0.3) is 10.8 Å². The fraction of sp³-hybridized carbons (Fsp3) is 0.417. The molecule has 0 aliphatic rings. The number of hydrogen-bond donors (Lipinski definition) is 1. The van der Waals surface area contributed by atoms with Crippen LogP contribution in [0.3, 0.4) is 0 Å². The number of H-pyrrole nitrogens is 1. The summed E-state index contributed by atoms with van der Waals surface area (Å²) < 4.78 is 5.84. The highest BCUT2D eigenvalue weighted by molar-refractivity contribution is 7.22. The van der Waals surface area contributed by atoms with Crippen LogP contribution >= 0.6 is 34.5 Å². The van der Waals surface area contributed by atoms with Gasteiger partial charge in [-0.1, -0.05) is 23.2 Å². The minimum Gasteiger partial charge on any atom is -0.460 e. The number of fused-ring (bicyclic) bond motifs is 1. The Kier molecular flexibility index (Phi) is 4.09. The summed E-state index contributed by atoms with van der Waals surface area (Å²) in [5.41, 5.74) is -0.669. The maximum Gasteiger partial charge on any atom is 0.312 e. The molecule has 0 atom stereocenters. The quantitative estimate of drug-likeness (QED) is 0.856. The van der Waals surface area contributed by atoms with Crippen molar-refractivity contribution in [2.45, 2.75) is 32.8 Å². The van der Waals surface area contributed by atoms with Gasteiger partial charge in [0.1, 0.15) is 14.3 Å². The van der Waals surface area contributed by atoms with Gasteiger partial charge in [-0.3, -0.25) is 9.59 Å². The molecule has 0 fully saturated rings. The predicted octanol–water partition coefficient (Wildman–Crippen LogP) is 3.18. The minimum absolute atomic E-state index is 0.0860. The first-order chi connectivity index (χ1) is 9.19. The van der Waals surface area contributed by atoms with Gasteiger partial charge < -0.3 is 4.74 Å². The SMILES string of the molecule is CC(C)(C)OC(=O)Cc1n[nH]c(=O)c2c(Cl)sc(Cl)c12. The number of ether oxygens (including phenoxy) is 1. The van der Waals surface area contributed by atoms with E-state index in [1.54, 1.807) is 20.8 Å². The van der Waals surface area contributed by atoms with Crippen LogP contribution in [-0.4, -0.2) is 21.8 Å². The molecule has 20 heavy (non-hydrogen) atoms. The summed E-state index contributed by atoms with van der Waals surface area (Å²) in [6, 6.07) is 0. The van der Waals surface area contributed by atoms with Crippen molar-refractivity contribution in [3.8, 4) is 0 Å². The number of rotatable bonds is 2. The molecule has 0 spiro atoms. The Hall–Kier alpha value is -1.11. The summed E-state index contributed by atoms with van der Waals surface area (Å²) in [7, 11) is 0. The summed E-state index contributed by atoms with van der Waals surface area (Å²) >= 11 is 13.1. The maximum atomic E-state index is 11.8. The second kappa shape index (κ2) is 5.35. The number of carbonyl (C=O) groups is 1. The lowest BCUT2D eigenvalue weighted by atomic mass is 10.1. The Morgan fingerprint density at radius 1 is 1.30 bits per heavy atom. The number of hydrogen-bond acceptors (Lipinski definition) is 5. The van der Waals surface area contributed by atoms with Gasteiger partial charge in [-0.25, -0.2) is 5.10 Å². The molecule has 2 aromatic heterocycles. The van der Waals surface area contributed by atoms with Gasteiger partial charge in [-0.2, -0.15) is 5.10 Å². The molecule has 0 aliphatic heterocycles. The van der Waals surface area contributed by atoms with Gasteiger partial charge >= 0.3 is 5.97 Å². The van der Waals surface area contributed by atoms with Crippen molar-refractivity contribution in [1.82, 2.24) is 10.2 Å². The highest BCUT2D eigenvalue weighted by Gasteiger charge is 2.22. The fourth-order valence-electron chi connectivity index (χ4n) is 1.71. The normalized spacial score (nSPS) is 11.8. The number of nitrogens with zero attached hydrogens (tertiary/aromatic N) is 1. The smallest absolute Gasteiger partial charge is 0.312 e. The molecule has 0 saturated carbocycles. The molecule has 0 saturated heterocycles. The van der Waals surface area contributed by atoms with Crippen molar-refractivity contribution in [3.63, 3.8) is 0 Å². The number of thiophene rings is 1. The number of nitrogens with one attached hydrogen (secondary N) is 1. The third-order valence-corrected chi connectivity index (χ3v) is 3.97. The number of esters is 1. The summed E-state index contributed by atoms with van der Waals surface area (Å²) in [6.45, 7) is 5.32. The zero-order chi connectivity index (χ0) is 15.1. The van der Waals surface area contributed by atoms with Gasteiger partial charge in [0.15, 0.2) is 0 Å². The molecule has 108 valence electrons. The Bertz CT molecular complexity index is 731. The first-order valence-corrected chi connectivity index (χ1v) is 7.33. The second-order valence-corrected chi connectivity index (χ2v) is 7.39. The molecule has 2 aromatic rings. The molecule has 0 amide bonds. The zero-order valence-corrected chi connectivity index (χ0v) is 13.4. The standard InChI is InChI=1S/C12H12Cl2N2O3S/c1-12(2,3)19-6(17)4-5-7-8(11(18)16-15-5)10(14)20-9(7)13/h4H2,1-3H3,(H,16,18). The first kappa shape index (κ1) is 15.3. The lowest BCUT2D eigenvalue weighted by Gasteiger charge is -2.19. The van der Waals surface area contributed by atoms with Crippen molar-refractivity contribution >= 4 is 51.3 Å². The number of halogens is 2. The molecule has 2 heterocycles. The minimum atomic E-state index is -0.589. The van der Waals surface area contributed by atoms with Crippen LogP contribution in [0.5, 0.6) is 0 Å². The van der Waals surface area contributed by atoms with Crippen LogP contribution < -0.4 is 5.56 Å². The van der Waals surface area contributed by atoms with Crippen LogP contribution in [-0.2, 0) is 16.0 Å². The van der Waals surface area contributed by atoms with Crippen LogP contribution in [0.15, 0.2) is 4.79 Å². The van der Waals surface area contributed by atoms with Gasteiger partial charge in [0.25, 0.3) is 5.56 Å². The number of aromatic nitrogens is 2. The molecule has 0 aliphatic carbocycles. The van der Waals surface area contributed by atoms with E-state index in [1.807, 2.05) is 0 Å². The molecular weight excluding hydrogens is 323 g/mol. The van der Waals surface area contributed by atoms with Gasteiger partial charge in [0, 0.05) is 5.39 Å². The van der Waals surface area contributed by atoms with Gasteiger partial charge in [0.2, 0.25) is 0 Å². The van der Waals surface area contributed by atoms with Crippen molar-refractivity contribution < 1.29 is 9.53 Å². The van der Waals surface area contributed by atoms with Crippen molar-refractivity contribution in [2.75, 3.05) is 0 Å². The zero-order valence-electron chi connectivity index (χ0n) is 11.0. The monoisotopic (exact) mass is 334 g/mol. The van der Waals surface area contributed by atoms with E-state index in [2.05, 4.69) is 10.2 Å². The average Bonchev–Trinajstić information content (AvgIpc) is 2.57. The lowest BCUT2D eigenvalue weighted by Crippen LogP contribution is -2.25. The molecule has 5 nitrogen and oxygen atoms in total. The summed E-state index contributed by atoms with van der Waals surface area (Å²) in [5.74, 6) is -0.447. The molecular formula is C12H12Cl2N2O3S. The molecule has 1 N–H and O–H groups in total. The van der Waals surface area contributed by atoms with Gasteiger partial charge in [-0.15, -0.1) is 11.3 Å². The van der Waals surface area contributed by atoms with E-state index in [0.717, 1.165) is 11.3 Å². The highest BCUT2D eigenvalue weighted by Crippen LogP contribution is 2.38. The van der Waals surface area contributed by atoms with Crippen molar-refractivity contribution in [2.24, 2.45) is 0 Å². The van der Waals surface area contributed by atoms with Crippen molar-refractivity contribution in [3.05, 3.63) is 24.7 Å². The fourth-order valence-corrected chi connectivity index (χ4v) is 3.45. The molecule has 0 radical (unpaired) electrons. The summed E-state index contributed by atoms with van der Waals surface area (Å²) in [6.07, 6.45) is -0.0860. The third-order valence-electron chi connectivity index (χ3n) is 2.36. The van der Waals surface area contributed by atoms with Gasteiger partial charge in [-0.05, 0) is 20.8 Å². The summed E-state index contributed by atoms with van der Waals surface area (Å²) in [4.78, 5) is 23.6. The molecule has 0 aromatic carbocycles. The van der Waals surface area contributed by atoms with Gasteiger partial charge in [0.05, 0.1) is 17.5 Å². The average molecular weight is 335 g/mol. The number of carbonyl (C=O) groups excluding carboxylic acids is 1. The summed E-state index contributed by atoms with van der Waals surface area (Å²) in [5, 5.41) is 6.86. The van der Waals surface area contributed by atoms with E-state index in [4.69, 9.17) is 27.9 Å². The van der Waals surface area contributed by atoms with Crippen molar-refractivity contribution in [1.29, 1.82) is 0 Å². The lowest BCUT2D eigenvalue weighted by molar-refractivity contribution is -0.153. The maximum absolute atomic E-state index is 11.8. The van der Waals surface area contributed by atoms with E-state index in [1.165, 1.54) is 0 Å². The van der Waals surface area contributed by atoms with Crippen LogP contribution in [0.2, 0.25) is 8.67 Å². The van der Waals surface area contributed by atoms with Crippen LogP contribution in [0, 0.1) is 0 Å². The van der Waals surface area contributed by atoms with E-state index in [0.29, 0.717) is 15.4 Å². The molecule has 0 bridgehead atoms. The van der Waals surface area contributed by atoms with E-state index >= 15 is 0 Å². The third kappa shape index (κ3) is 3.13. The Morgan fingerprint density at radius 3 is 2.50 bits per heavy atom. The Labute approximate surface area is 128 Å². The first-order valence-electron chi connectivity index (χ1n) is 5.76. The highest BCUT2D eigenvalue weighted by atomic mass is 35.5. The Morgan fingerprint density at radius 2 is 1.90 bits per heavy atom. The molecule has 2 rings (SSSR count). The van der Waals surface area contributed by atoms with E-state index in [9.17, 15) is 9.59 Å². The molecule has 0 unspecified atom stereocenters. The van der Waals surface area contributed by atoms with Crippen LogP contribution in [0.1, 0.15) is 26.5 Å². The van der Waals surface area contributed by atoms with E-state index < -0.39 is 17.1 Å². The second-order valence-electron chi connectivity index (χ2n) is 5.16. The van der Waals surface area contributed by atoms with E-state index in [-0.39, 0.29) is 16.1 Å². The molecule has 8 heteroatoms. The number of aromatic amines is 1.